The maximum atomic E-state index is 12.1. The van der Waals surface area contributed by atoms with Crippen molar-refractivity contribution < 1.29 is 53.1 Å². The van der Waals surface area contributed by atoms with Gasteiger partial charge < -0.3 is 34.0 Å². The lowest BCUT2D eigenvalue weighted by Crippen LogP contribution is -2.36. The van der Waals surface area contributed by atoms with Crippen LogP contribution in [0.2, 0.25) is 0 Å². The molecule has 73 heavy (non-hydrogen) atoms. The Kier molecular flexibility index (Phi) is 51.1. The minimum Gasteiger partial charge on any atom is -0.481 e. The molecule has 11 heteroatoms. The normalized spacial score (nSPS) is 22.9. The summed E-state index contributed by atoms with van der Waals surface area (Å²) in [5, 5.41) is 18.1. The number of fused-ring (bicyclic) bond motifs is 1. The van der Waals surface area contributed by atoms with Gasteiger partial charge in [-0.2, -0.15) is 0 Å². The molecule has 11 nitrogen and oxygen atoms in total. The van der Waals surface area contributed by atoms with Gasteiger partial charge in [-0.25, -0.2) is 0 Å². The Bertz CT molecular complexity index is 1200. The van der Waals surface area contributed by atoms with E-state index in [0.29, 0.717) is 37.9 Å². The maximum absolute atomic E-state index is 12.1. The van der Waals surface area contributed by atoms with Gasteiger partial charge in [-0.3, -0.25) is 19.2 Å². The summed E-state index contributed by atoms with van der Waals surface area (Å²) < 4.78 is 22.2. The van der Waals surface area contributed by atoms with Crippen molar-refractivity contribution in [3.63, 3.8) is 0 Å². The van der Waals surface area contributed by atoms with Crippen LogP contribution < -0.4 is 0 Å². The highest BCUT2D eigenvalue weighted by molar-refractivity contribution is 5.71. The van der Waals surface area contributed by atoms with Gasteiger partial charge in [-0.1, -0.05) is 208 Å². The molecule has 0 aromatic carbocycles. The van der Waals surface area contributed by atoms with E-state index in [2.05, 4.69) is 34.6 Å². The van der Waals surface area contributed by atoms with Crippen LogP contribution in [-0.2, 0) is 42.9 Å². The van der Waals surface area contributed by atoms with Crippen molar-refractivity contribution in [1.82, 2.24) is 0 Å². The Morgan fingerprint density at radius 2 is 0.685 bits per heavy atom. The number of aliphatic hydroxyl groups is 1. The molecule has 5 aliphatic rings. The van der Waals surface area contributed by atoms with Crippen LogP contribution in [0.4, 0.5) is 0 Å². The number of unbranched alkanes of at least 4 members (excludes halogenated alkanes) is 11. The number of carbonyl (C=O) groups is 5. The fourth-order valence-electron chi connectivity index (χ4n) is 9.65. The predicted molar refractivity (Wildman–Crippen MR) is 299 cm³/mol. The van der Waals surface area contributed by atoms with Crippen molar-refractivity contribution in [2.24, 2.45) is 0 Å². The number of esters is 3. The van der Waals surface area contributed by atoms with Gasteiger partial charge in [0.1, 0.15) is 24.6 Å². The summed E-state index contributed by atoms with van der Waals surface area (Å²) in [4.78, 5) is 55.3. The van der Waals surface area contributed by atoms with E-state index in [1.807, 2.05) is 0 Å². The molecule has 4 aliphatic carbocycles. The summed E-state index contributed by atoms with van der Waals surface area (Å²) in [6, 6.07) is 0. The van der Waals surface area contributed by atoms with E-state index in [1.54, 1.807) is 0 Å². The first-order valence-electron chi connectivity index (χ1n) is 31.1. The molecular formula is C62H116O11. The van der Waals surface area contributed by atoms with Crippen LogP contribution in [0.1, 0.15) is 330 Å². The van der Waals surface area contributed by atoms with Crippen molar-refractivity contribution in [2.45, 2.75) is 367 Å². The number of ether oxygens (including phenoxy) is 4. The number of rotatable bonds is 23. The minimum absolute atomic E-state index is 0.136. The largest absolute Gasteiger partial charge is 0.481 e. The van der Waals surface area contributed by atoms with E-state index in [9.17, 15) is 29.1 Å². The highest BCUT2D eigenvalue weighted by Gasteiger charge is 2.37. The number of carbonyl (C=O) groups excluding carboxylic acids is 4. The molecule has 6 atom stereocenters. The summed E-state index contributed by atoms with van der Waals surface area (Å²) in [6.07, 6.45) is 51.7. The third kappa shape index (κ3) is 46.5. The average molecular weight is 1040 g/mol. The number of hydrogen-bond donors (Lipinski definition) is 2. The van der Waals surface area contributed by atoms with Crippen LogP contribution in [-0.4, -0.2) is 77.0 Å². The van der Waals surface area contributed by atoms with E-state index in [1.165, 1.54) is 128 Å². The SMILES string of the molecule is C1CCCC2OC2CC1.C1CCCCCCC1.CCCCCC(=O)O.CCCCCC(=O)OC1CCCCCCC1O.CCCCCC(=O)OC1CCCCCCC1OC(=O)CCCCC.CCCCCC=O. The number of hydrogen-bond acceptors (Lipinski definition) is 10. The van der Waals surface area contributed by atoms with E-state index in [0.717, 1.165) is 148 Å². The van der Waals surface area contributed by atoms with Crippen LogP contribution in [0.3, 0.4) is 0 Å². The van der Waals surface area contributed by atoms with Gasteiger partial charge >= 0.3 is 23.9 Å². The van der Waals surface area contributed by atoms with Gasteiger partial charge in [0.2, 0.25) is 0 Å². The quantitative estimate of drug-likeness (QED) is 0.0329. The van der Waals surface area contributed by atoms with Crippen molar-refractivity contribution in [1.29, 1.82) is 0 Å². The highest BCUT2D eigenvalue weighted by Crippen LogP contribution is 2.34. The molecule has 1 heterocycles. The van der Waals surface area contributed by atoms with Crippen LogP contribution in [0.25, 0.3) is 0 Å². The van der Waals surface area contributed by atoms with Gasteiger partial charge in [-0.15, -0.1) is 0 Å². The van der Waals surface area contributed by atoms with E-state index < -0.39 is 12.1 Å². The van der Waals surface area contributed by atoms with E-state index in [4.69, 9.17) is 24.1 Å². The molecule has 2 N–H and O–H groups in total. The maximum Gasteiger partial charge on any atom is 0.306 e. The minimum atomic E-state index is -0.682. The molecule has 0 aromatic rings. The molecule has 5 rings (SSSR count). The molecule has 0 amide bonds. The first-order valence-corrected chi connectivity index (χ1v) is 31.1. The zero-order valence-electron chi connectivity index (χ0n) is 48.1. The lowest BCUT2D eigenvalue weighted by Gasteiger charge is -2.29. The smallest absolute Gasteiger partial charge is 0.306 e. The molecule has 0 radical (unpaired) electrons. The lowest BCUT2D eigenvalue weighted by molar-refractivity contribution is -0.170. The van der Waals surface area contributed by atoms with Crippen LogP contribution in [0.15, 0.2) is 0 Å². The molecule has 1 aliphatic heterocycles. The highest BCUT2D eigenvalue weighted by atomic mass is 16.6. The van der Waals surface area contributed by atoms with Crippen LogP contribution >= 0.6 is 0 Å². The van der Waals surface area contributed by atoms with Crippen molar-refractivity contribution >= 4 is 30.2 Å². The topological polar surface area (TPSA) is 166 Å². The molecule has 4 saturated carbocycles. The zero-order valence-corrected chi connectivity index (χ0v) is 48.1. The molecule has 0 aromatic heterocycles. The summed E-state index contributed by atoms with van der Waals surface area (Å²) in [5.74, 6) is -1.09. The summed E-state index contributed by atoms with van der Waals surface area (Å²) in [7, 11) is 0. The fraction of sp³-hybridized carbons (Fsp3) is 0.919. The van der Waals surface area contributed by atoms with Gasteiger partial charge in [-0.05, 0) is 89.9 Å². The number of aldehydes is 1. The Morgan fingerprint density at radius 1 is 0.397 bits per heavy atom. The Morgan fingerprint density at radius 3 is 1.03 bits per heavy atom. The van der Waals surface area contributed by atoms with Gasteiger partial charge in [0.05, 0.1) is 18.3 Å². The van der Waals surface area contributed by atoms with E-state index >= 15 is 0 Å². The molecule has 5 fully saturated rings. The Balaban J connectivity index is 0.000000915. The second-order valence-corrected chi connectivity index (χ2v) is 21.6. The second-order valence-electron chi connectivity index (χ2n) is 21.6. The standard InChI is InChI=1S/C20H36O4.C14H26O3.C8H14O.C8H16.C6H12O2.C6H12O/c1-3-5-9-15-19(21)23-17-13-11-7-8-12-14-18(17)24-20(22)16-10-6-4-2;1-2-3-6-11-14(16)17-13-10-8-5-4-7-9-12(13)15;1-2-4-6-8-7(9-8)5-3-1;1-2-4-6-8-7-5-3-1;1-2-3-4-5-6(7)8;1-2-3-4-5-6-7/h17-18H,3-16H2,1-2H3;12-13,15H,2-11H2,1H3;7-8H,1-6H2;1-8H2;2-5H2,1H3,(H,7,8);6H,2-5H2,1H3. The third-order valence-corrected chi connectivity index (χ3v) is 14.4. The molecule has 430 valence electrons. The Hall–Kier alpha value is -2.53. The number of aliphatic carboxylic acids is 1. The predicted octanol–water partition coefficient (Wildman–Crippen LogP) is 17.2. The third-order valence-electron chi connectivity index (χ3n) is 14.4. The zero-order chi connectivity index (χ0) is 53.8. The molecular weight excluding hydrogens is 921 g/mol. The van der Waals surface area contributed by atoms with Crippen molar-refractivity contribution in [3.8, 4) is 0 Å². The number of carboxylic acid groups (broad SMARTS) is 1. The summed E-state index contributed by atoms with van der Waals surface area (Å²) >= 11 is 0. The van der Waals surface area contributed by atoms with Gasteiger partial charge in [0.15, 0.2) is 0 Å². The fourth-order valence-corrected chi connectivity index (χ4v) is 9.65. The number of carboxylic acids is 1. The van der Waals surface area contributed by atoms with Crippen molar-refractivity contribution in [2.75, 3.05) is 0 Å². The average Bonchev–Trinajstić information content (AvgIpc) is 4.08. The summed E-state index contributed by atoms with van der Waals surface area (Å²) in [5.41, 5.74) is 0. The van der Waals surface area contributed by atoms with E-state index in [-0.39, 0.29) is 36.2 Å². The second kappa shape index (κ2) is 52.9. The van der Waals surface area contributed by atoms with Gasteiger partial charge in [0.25, 0.3) is 0 Å². The van der Waals surface area contributed by atoms with Crippen LogP contribution in [0, 0.1) is 0 Å². The lowest BCUT2D eigenvalue weighted by atomic mass is 9.96. The monoisotopic (exact) mass is 1040 g/mol. The first-order chi connectivity index (χ1) is 35.6. The van der Waals surface area contributed by atoms with Gasteiger partial charge in [0, 0.05) is 32.1 Å². The first kappa shape index (κ1) is 70.5. The van der Waals surface area contributed by atoms with Crippen LogP contribution in [0.5, 0.6) is 0 Å². The molecule has 0 bridgehead atoms. The Labute approximate surface area is 448 Å². The molecule has 6 unspecified atom stereocenters. The summed E-state index contributed by atoms with van der Waals surface area (Å²) in [6.45, 7) is 10.5. The number of epoxide rings is 1. The van der Waals surface area contributed by atoms with Crippen molar-refractivity contribution in [3.05, 3.63) is 0 Å². The number of aliphatic hydroxyl groups excluding tert-OH is 1. The molecule has 0 spiro atoms. The molecule has 1 saturated heterocycles.